The third-order valence-electron chi connectivity index (χ3n) is 4.93. The van der Waals surface area contributed by atoms with Crippen LogP contribution in [0.1, 0.15) is 16.1 Å². The van der Waals surface area contributed by atoms with Crippen LogP contribution in [0, 0.1) is 5.82 Å². The molecule has 32 heavy (non-hydrogen) atoms. The minimum absolute atomic E-state index is 0.0399. The van der Waals surface area contributed by atoms with Gasteiger partial charge in [-0.25, -0.2) is 0 Å². The van der Waals surface area contributed by atoms with Crippen LogP contribution in [0.4, 0.5) is 20.6 Å². The fourth-order valence-corrected chi connectivity index (χ4v) is 7.74. The molecule has 2 aromatic heterocycles. The standard InChI is InChI=1S/C20H16FI2N5O4/c1-31-18-10(21)3-2-4-11(18)25-17-15-12-7-14(27-19(15)29)22-20(30)28-23-32-13-8-24-6-5-9(13)16(17)26-12/h2-6,8,14,25-26H,7H2,1H3,(H,27,29)(H,28,30)/q-2/t14-/m1/s1. The van der Waals surface area contributed by atoms with Crippen LogP contribution in [0.3, 0.4) is 0 Å². The van der Waals surface area contributed by atoms with Gasteiger partial charge in [0.15, 0.2) is 0 Å². The molecule has 2 amide bonds. The summed E-state index contributed by atoms with van der Waals surface area (Å²) in [7, 11) is 1.38. The topological polar surface area (TPSA) is 117 Å². The van der Waals surface area contributed by atoms with Crippen LogP contribution >= 0.6 is 0 Å². The molecule has 0 unspecified atom stereocenters. The van der Waals surface area contributed by atoms with E-state index >= 15 is 0 Å². The first kappa shape index (κ1) is 21.2. The molecule has 9 nitrogen and oxygen atoms in total. The molecule has 0 aliphatic carbocycles. The van der Waals surface area contributed by atoms with Gasteiger partial charge in [0.2, 0.25) is 0 Å². The third kappa shape index (κ3) is 3.85. The van der Waals surface area contributed by atoms with Gasteiger partial charge >= 0.3 is 204 Å². The number of nitrogens with zero attached hydrogens (tertiary/aromatic N) is 1. The molecule has 0 fully saturated rings. The van der Waals surface area contributed by atoms with E-state index < -0.39 is 48.9 Å². The van der Waals surface area contributed by atoms with Crippen LogP contribution < -0.4 is 65.1 Å². The van der Waals surface area contributed by atoms with Crippen LogP contribution in [0.15, 0.2) is 36.7 Å². The number of methoxy groups -OCH3 is 1. The molecule has 0 spiro atoms. The molecule has 0 saturated carbocycles. The number of fused-ring (bicyclic) bond motifs is 4. The first-order valence-corrected chi connectivity index (χ1v) is 13.7. The number of nitrogens with one attached hydrogen (secondary N) is 4. The Morgan fingerprint density at radius 2 is 2.19 bits per heavy atom. The molecule has 0 radical (unpaired) electrons. The second-order valence-corrected chi connectivity index (χ2v) is 11.3. The van der Waals surface area contributed by atoms with E-state index in [1.54, 1.807) is 30.6 Å². The van der Waals surface area contributed by atoms with Gasteiger partial charge in [0.05, 0.1) is 0 Å². The number of ether oxygens (including phenoxy) is 1. The van der Waals surface area contributed by atoms with E-state index in [4.69, 9.17) is 7.80 Å². The Bertz CT molecular complexity index is 1230. The summed E-state index contributed by atoms with van der Waals surface area (Å²) in [5, 5.41) is 6.15. The van der Waals surface area contributed by atoms with Gasteiger partial charge in [-0.2, -0.15) is 0 Å². The number of carbonyl (C=O) groups is 2. The van der Waals surface area contributed by atoms with Gasteiger partial charge in [-0.15, -0.1) is 0 Å². The molecule has 1 atom stereocenters. The second-order valence-electron chi connectivity index (χ2n) is 6.82. The van der Waals surface area contributed by atoms with E-state index in [2.05, 4.69) is 24.1 Å². The van der Waals surface area contributed by atoms with Crippen molar-refractivity contribution in [3.63, 3.8) is 0 Å². The van der Waals surface area contributed by atoms with Crippen molar-refractivity contribution in [2.24, 2.45) is 0 Å². The normalized spacial score (nSPS) is 17.8. The molecule has 168 valence electrons. The van der Waals surface area contributed by atoms with E-state index in [1.165, 1.54) is 13.2 Å². The molecular weight excluding hydrogens is 647 g/mol. The van der Waals surface area contributed by atoms with E-state index in [9.17, 15) is 14.0 Å². The molecule has 4 heterocycles. The van der Waals surface area contributed by atoms with Crippen molar-refractivity contribution in [2.75, 3.05) is 12.4 Å². The number of alkyl halides is 1. The van der Waals surface area contributed by atoms with E-state index in [-0.39, 0.29) is 19.6 Å². The molecule has 1 aromatic carbocycles. The number of hydrogen-bond acceptors (Lipinski definition) is 6. The fraction of sp³-hybridized carbons (Fsp3) is 0.150. The molecule has 2 aliphatic heterocycles. The zero-order chi connectivity index (χ0) is 22.2. The number of anilines is 2. The van der Waals surface area contributed by atoms with Crippen LogP contribution in [0.2, 0.25) is 0 Å². The Labute approximate surface area is 203 Å². The molecule has 2 aliphatic rings. The summed E-state index contributed by atoms with van der Waals surface area (Å²) in [5.74, 6) is -0.303. The van der Waals surface area contributed by atoms with Crippen molar-refractivity contribution >= 4 is 21.2 Å². The van der Waals surface area contributed by atoms with Crippen LogP contribution in [-0.4, -0.2) is 30.9 Å². The van der Waals surface area contributed by atoms with Gasteiger partial charge in [0.1, 0.15) is 0 Å². The third-order valence-corrected chi connectivity index (χ3v) is 9.70. The molecular formula is C20H16FI2N5O4-2. The first-order chi connectivity index (χ1) is 15.5. The number of benzene rings is 1. The summed E-state index contributed by atoms with van der Waals surface area (Å²) >= 11 is -2.09. The van der Waals surface area contributed by atoms with Gasteiger partial charge in [0, 0.05) is 0 Å². The number of hydrogen-bond donors (Lipinski definition) is 4. The predicted molar refractivity (Wildman–Crippen MR) is 104 cm³/mol. The summed E-state index contributed by atoms with van der Waals surface area (Å²) in [6, 6.07) is 6.30. The Kier molecular flexibility index (Phi) is 5.79. The van der Waals surface area contributed by atoms with Crippen LogP contribution in [0.5, 0.6) is 11.5 Å². The zero-order valence-electron chi connectivity index (χ0n) is 16.5. The number of para-hydroxylation sites is 1. The summed E-state index contributed by atoms with van der Waals surface area (Å²) in [5.41, 5.74) is 3.26. The van der Waals surface area contributed by atoms with Crippen molar-refractivity contribution in [3.8, 4) is 22.8 Å². The van der Waals surface area contributed by atoms with Gasteiger partial charge in [0.25, 0.3) is 0 Å². The van der Waals surface area contributed by atoms with Gasteiger partial charge in [-0.1, -0.05) is 0 Å². The monoisotopic (exact) mass is 663 g/mol. The Morgan fingerprint density at radius 3 is 3.03 bits per heavy atom. The van der Waals surface area contributed by atoms with Gasteiger partial charge in [-0.05, 0) is 0 Å². The minimum atomic E-state index is -1.10. The number of rotatable bonds is 3. The zero-order valence-corrected chi connectivity index (χ0v) is 20.8. The van der Waals surface area contributed by atoms with Crippen molar-refractivity contribution in [1.29, 1.82) is 0 Å². The molecule has 3 aromatic rings. The number of amides is 2. The number of aromatic nitrogens is 2. The van der Waals surface area contributed by atoms with E-state index in [0.717, 1.165) is 0 Å². The Hall–Kier alpha value is -2.62. The van der Waals surface area contributed by atoms with Crippen molar-refractivity contribution in [2.45, 2.75) is 10.5 Å². The van der Waals surface area contributed by atoms with Crippen LogP contribution in [-0.2, 0) is 6.42 Å². The summed E-state index contributed by atoms with van der Waals surface area (Å²) in [4.78, 5) is 32.9. The Morgan fingerprint density at radius 1 is 1.31 bits per heavy atom. The van der Waals surface area contributed by atoms with Gasteiger partial charge in [-0.3, -0.25) is 0 Å². The average Bonchev–Trinajstić information content (AvgIpc) is 3.12. The summed E-state index contributed by atoms with van der Waals surface area (Å²) in [6.07, 6.45) is 3.68. The quantitative estimate of drug-likeness (QED) is 0.0768. The first-order valence-electron chi connectivity index (χ1n) is 9.39. The number of aromatic amines is 1. The molecule has 12 heteroatoms. The van der Waals surface area contributed by atoms with Crippen molar-refractivity contribution in [1.82, 2.24) is 18.8 Å². The van der Waals surface area contributed by atoms with Crippen molar-refractivity contribution in [3.05, 3.63) is 53.7 Å². The number of carbonyl (C=O) groups excluding carboxylic acids is 2. The number of pyridine rings is 1. The molecule has 4 N–H and O–H groups in total. The Balaban J connectivity index is 1.71. The molecule has 5 rings (SSSR count). The van der Waals surface area contributed by atoms with Crippen molar-refractivity contribution < 1.29 is 64.9 Å². The van der Waals surface area contributed by atoms with Gasteiger partial charge < -0.3 is 0 Å². The average molecular weight is 663 g/mol. The van der Waals surface area contributed by atoms with Crippen LogP contribution in [0.25, 0.3) is 11.3 Å². The SMILES string of the molecule is COc1c(F)cccc1Nc1c2[nH]c3c1C(=O)N[C@H](C3)[I-]C(=O)N[I-]Oc1cnccc1-2. The number of H-pyrrole nitrogens is 1. The maximum absolute atomic E-state index is 14.3. The molecule has 0 saturated heterocycles. The van der Waals surface area contributed by atoms with E-state index in [0.29, 0.717) is 46.1 Å². The summed E-state index contributed by atoms with van der Waals surface area (Å²) < 4.78 is 28.0. The maximum atomic E-state index is 14.3. The molecule has 3 bridgehead atoms. The predicted octanol–water partition coefficient (Wildman–Crippen LogP) is -3.31. The number of halogens is 3. The summed E-state index contributed by atoms with van der Waals surface area (Å²) in [6.45, 7) is 0. The fourth-order valence-electron chi connectivity index (χ4n) is 3.62. The second kappa shape index (κ2) is 8.73. The van der Waals surface area contributed by atoms with E-state index in [1.807, 2.05) is 0 Å².